The highest BCUT2D eigenvalue weighted by Gasteiger charge is 2.60. The number of ether oxygens (including phenoxy) is 2. The average molecular weight is 775 g/mol. The highest BCUT2D eigenvalue weighted by atomic mass is 16.5. The molecule has 0 amide bonds. The molecule has 7 aliphatic carbocycles. The van der Waals surface area contributed by atoms with Crippen molar-refractivity contribution in [2.45, 2.75) is 189 Å². The second kappa shape index (κ2) is 14.3. The summed E-state index contributed by atoms with van der Waals surface area (Å²) in [7, 11) is 0. The second-order valence-corrected chi connectivity index (χ2v) is 21.0. The van der Waals surface area contributed by atoms with Crippen LogP contribution in [0.25, 0.3) is 16.7 Å². The maximum atomic E-state index is 6.97. The predicted octanol–water partition coefficient (Wildman–Crippen LogP) is 11.9. The van der Waals surface area contributed by atoms with Crippen LogP contribution in [0.2, 0.25) is 0 Å². The number of allylic oxidation sites excluding steroid dienone is 7. The smallest absolute Gasteiger partial charge is 0.0789 e. The third kappa shape index (κ3) is 5.62. The summed E-state index contributed by atoms with van der Waals surface area (Å²) in [5, 5.41) is 0. The Hall–Kier alpha value is -2.92. The number of rotatable bonds is 4. The summed E-state index contributed by atoms with van der Waals surface area (Å²) in [6, 6.07) is 22.5. The first-order valence-corrected chi connectivity index (χ1v) is 24.6. The van der Waals surface area contributed by atoms with Crippen LogP contribution in [0.4, 0.5) is 0 Å². The van der Waals surface area contributed by atoms with Crippen LogP contribution in [-0.4, -0.2) is 64.4 Å². The zero-order valence-electron chi connectivity index (χ0n) is 34.9. The number of nitrogens with zero attached hydrogens (tertiary/aromatic N) is 2. The van der Waals surface area contributed by atoms with Crippen molar-refractivity contribution in [3.63, 3.8) is 0 Å². The van der Waals surface area contributed by atoms with Crippen LogP contribution in [-0.2, 0) is 9.47 Å². The van der Waals surface area contributed by atoms with Gasteiger partial charge in [-0.1, -0.05) is 111 Å². The van der Waals surface area contributed by atoms with Crippen LogP contribution in [0.3, 0.4) is 0 Å². The fourth-order valence-electron chi connectivity index (χ4n) is 16.2. The van der Waals surface area contributed by atoms with Gasteiger partial charge in [0.15, 0.2) is 0 Å². The number of fused-ring (bicyclic) bond motifs is 9. The minimum absolute atomic E-state index is 0.434. The van der Waals surface area contributed by atoms with E-state index in [1.54, 1.807) is 22.4 Å². The standard InChI is InChI=1S/C54H66N2O2/c1-2-16-40(38-14-8-12-34(30-38)36-26-28-46-44(32-36)42-18-10-24-52-54(42)56(46)48-20-4-6-22-50(48)58-52)39(15-1)37-13-7-11-33(29-37)35-25-27-45-43(31-35)41-17-9-23-51-53(41)55(45)47-19-3-5-21-49(47)57-51/h1-2,7-8,11-16,29,31,36,38,41-42,44,46-54H,3-6,9-10,17-28,30,32H2. The van der Waals surface area contributed by atoms with Crippen LogP contribution < -0.4 is 0 Å². The fraction of sp³-hybridized carbons (Fsp3) is 0.630. The molecular formula is C54H66N2O2. The summed E-state index contributed by atoms with van der Waals surface area (Å²) in [6.45, 7) is 0. The van der Waals surface area contributed by atoms with Crippen molar-refractivity contribution in [3.05, 3.63) is 101 Å². The molecule has 4 nitrogen and oxygen atoms in total. The summed E-state index contributed by atoms with van der Waals surface area (Å²) in [6.07, 6.45) is 38.6. The van der Waals surface area contributed by atoms with Gasteiger partial charge in [-0.15, -0.1) is 0 Å². The Kier molecular flexibility index (Phi) is 8.85. The molecule has 0 radical (unpaired) electrons. The van der Waals surface area contributed by atoms with E-state index >= 15 is 0 Å². The first-order valence-electron chi connectivity index (χ1n) is 24.6. The molecule has 2 aromatic rings. The average Bonchev–Trinajstić information content (AvgIpc) is 3.81. The fourth-order valence-corrected chi connectivity index (χ4v) is 16.2. The van der Waals surface area contributed by atoms with Gasteiger partial charge < -0.3 is 14.4 Å². The molecule has 14 unspecified atom stereocenters. The Morgan fingerprint density at radius 2 is 1.38 bits per heavy atom. The van der Waals surface area contributed by atoms with Gasteiger partial charge >= 0.3 is 0 Å². The van der Waals surface area contributed by atoms with E-state index in [9.17, 15) is 0 Å². The molecule has 0 aromatic heterocycles. The van der Waals surface area contributed by atoms with E-state index in [1.807, 2.05) is 0 Å². The van der Waals surface area contributed by atoms with Crippen LogP contribution in [0.5, 0.6) is 0 Å². The molecule has 3 saturated heterocycles. The van der Waals surface area contributed by atoms with Crippen molar-refractivity contribution in [2.75, 3.05) is 0 Å². The molecule has 0 bridgehead atoms. The van der Waals surface area contributed by atoms with Crippen molar-refractivity contribution in [1.29, 1.82) is 0 Å². The molecule has 4 heteroatoms. The SMILES string of the molecule is C1=CC(c2ccccc2-c2cccc(C3=CC4=C(CC3)N3C5CCCCC5OC5CCCC4C53)c2)CC(C2CCC3C(C2)C2CCCC4OC5CCCCC5N3C42)=C1. The minimum atomic E-state index is 0.434. The first-order chi connectivity index (χ1) is 28.7. The van der Waals surface area contributed by atoms with Crippen LogP contribution in [0, 0.1) is 23.7 Å². The number of morpholine rings is 2. The molecular weight excluding hydrogens is 709 g/mol. The largest absolute Gasteiger partial charge is 0.372 e. The number of hydrogen-bond donors (Lipinski definition) is 0. The lowest BCUT2D eigenvalue weighted by atomic mass is 9.67. The molecule has 58 heavy (non-hydrogen) atoms. The summed E-state index contributed by atoms with van der Waals surface area (Å²) >= 11 is 0. The lowest BCUT2D eigenvalue weighted by molar-refractivity contribution is -0.177. The Bertz CT molecular complexity index is 2060. The van der Waals surface area contributed by atoms with E-state index in [0.717, 1.165) is 30.2 Å². The monoisotopic (exact) mass is 775 g/mol. The van der Waals surface area contributed by atoms with Crippen LogP contribution >= 0.6 is 0 Å². The third-order valence-electron chi connectivity index (χ3n) is 18.4. The number of hydrogen-bond acceptors (Lipinski definition) is 4. The molecule has 2 aromatic carbocycles. The van der Waals surface area contributed by atoms with Gasteiger partial charge in [-0.2, -0.15) is 0 Å². The van der Waals surface area contributed by atoms with Crippen molar-refractivity contribution in [2.24, 2.45) is 23.7 Å². The van der Waals surface area contributed by atoms with E-state index in [4.69, 9.17) is 9.47 Å². The third-order valence-corrected chi connectivity index (χ3v) is 18.4. The molecule has 11 aliphatic rings. The zero-order chi connectivity index (χ0) is 37.9. The first kappa shape index (κ1) is 35.8. The van der Waals surface area contributed by atoms with Gasteiger partial charge in [-0.25, -0.2) is 0 Å². The Balaban J connectivity index is 0.751. The minimum Gasteiger partial charge on any atom is -0.372 e. The zero-order valence-corrected chi connectivity index (χ0v) is 34.9. The molecule has 4 heterocycles. The van der Waals surface area contributed by atoms with Gasteiger partial charge in [0.25, 0.3) is 0 Å². The van der Waals surface area contributed by atoms with Crippen molar-refractivity contribution in [1.82, 2.24) is 9.80 Å². The van der Waals surface area contributed by atoms with Gasteiger partial charge in [0.05, 0.1) is 36.5 Å². The quantitative estimate of drug-likeness (QED) is 0.309. The summed E-state index contributed by atoms with van der Waals surface area (Å²) in [5.41, 5.74) is 12.4. The molecule has 5 saturated carbocycles. The molecule has 14 atom stereocenters. The second-order valence-electron chi connectivity index (χ2n) is 21.0. The van der Waals surface area contributed by atoms with Gasteiger partial charge in [-0.3, -0.25) is 4.90 Å². The highest BCUT2D eigenvalue weighted by molar-refractivity contribution is 5.77. The number of benzene rings is 2. The molecule has 13 rings (SSSR count). The lowest BCUT2D eigenvalue weighted by Crippen LogP contribution is -2.63. The van der Waals surface area contributed by atoms with E-state index in [1.165, 1.54) is 144 Å². The highest BCUT2D eigenvalue weighted by Crippen LogP contribution is 2.57. The maximum Gasteiger partial charge on any atom is 0.0789 e. The Labute approximate surface area is 348 Å². The summed E-state index contributed by atoms with van der Waals surface area (Å²) < 4.78 is 13.9. The van der Waals surface area contributed by atoms with E-state index in [2.05, 4.69) is 82.6 Å². The molecule has 8 fully saturated rings. The van der Waals surface area contributed by atoms with E-state index in [-0.39, 0.29) is 0 Å². The predicted molar refractivity (Wildman–Crippen MR) is 233 cm³/mol. The van der Waals surface area contributed by atoms with Crippen molar-refractivity contribution < 1.29 is 9.47 Å². The van der Waals surface area contributed by atoms with Gasteiger partial charge in [0, 0.05) is 35.7 Å². The van der Waals surface area contributed by atoms with Crippen molar-refractivity contribution >= 4 is 5.57 Å². The van der Waals surface area contributed by atoms with Gasteiger partial charge in [0.2, 0.25) is 0 Å². The maximum absolute atomic E-state index is 6.97. The van der Waals surface area contributed by atoms with Crippen molar-refractivity contribution in [3.8, 4) is 11.1 Å². The lowest BCUT2D eigenvalue weighted by Gasteiger charge is -2.54. The Morgan fingerprint density at radius 3 is 2.29 bits per heavy atom. The molecule has 304 valence electrons. The van der Waals surface area contributed by atoms with E-state index < -0.39 is 0 Å². The summed E-state index contributed by atoms with van der Waals surface area (Å²) in [5.74, 6) is 3.54. The molecule has 0 N–H and O–H groups in total. The van der Waals surface area contributed by atoms with E-state index in [0.29, 0.717) is 60.4 Å². The normalized spacial score (nSPS) is 42.7. The van der Waals surface area contributed by atoms with Gasteiger partial charge in [-0.05, 0) is 147 Å². The molecule has 4 aliphatic heterocycles. The van der Waals surface area contributed by atoms with Crippen LogP contribution in [0.1, 0.15) is 145 Å². The summed E-state index contributed by atoms with van der Waals surface area (Å²) in [4.78, 5) is 6.10. The van der Waals surface area contributed by atoms with Gasteiger partial charge in [0.1, 0.15) is 0 Å². The Morgan fingerprint density at radius 1 is 0.603 bits per heavy atom. The van der Waals surface area contributed by atoms with Crippen LogP contribution in [0.15, 0.2) is 89.7 Å². The molecule has 0 spiro atoms. The topological polar surface area (TPSA) is 24.9 Å².